The highest BCUT2D eigenvalue weighted by Gasteiger charge is 2.21. The first-order chi connectivity index (χ1) is 8.78. The Balaban J connectivity index is 1.97. The van der Waals surface area contributed by atoms with Crippen LogP contribution < -0.4 is 11.1 Å². The molecular formula is C13H14N4O. The average molecular weight is 242 g/mol. The van der Waals surface area contributed by atoms with E-state index in [0.717, 1.165) is 22.6 Å². The van der Waals surface area contributed by atoms with E-state index in [4.69, 9.17) is 5.73 Å². The van der Waals surface area contributed by atoms with E-state index in [1.54, 1.807) is 12.4 Å². The average Bonchev–Trinajstić information content (AvgIpc) is 2.97. The number of hydrogen-bond acceptors (Lipinski definition) is 3. The van der Waals surface area contributed by atoms with Crippen LogP contribution in [0.5, 0.6) is 0 Å². The molecular weight excluding hydrogens is 228 g/mol. The van der Waals surface area contributed by atoms with E-state index in [1.165, 1.54) is 0 Å². The van der Waals surface area contributed by atoms with Crippen molar-refractivity contribution >= 4 is 11.6 Å². The Bertz CT molecular complexity index is 577. The molecule has 1 atom stereocenters. The number of amides is 1. The van der Waals surface area contributed by atoms with Gasteiger partial charge in [0, 0.05) is 24.6 Å². The smallest absolute Gasteiger partial charge is 0.228 e. The second-order valence-corrected chi connectivity index (χ2v) is 4.40. The zero-order valence-corrected chi connectivity index (χ0v) is 9.81. The molecule has 5 nitrogen and oxygen atoms in total. The lowest BCUT2D eigenvalue weighted by Crippen LogP contribution is -2.15. The quantitative estimate of drug-likeness (QED) is 0.750. The maximum absolute atomic E-state index is 11.3. The largest absolute Gasteiger partial charge is 0.348 e. The standard InChI is InChI=1S/C13H14N4O/c14-7-10(13-15-3-4-16-13)8-1-2-11-9(5-8)6-12(18)17-11/h1-5,10H,6-7,14H2,(H,15,16)(H,17,18). The summed E-state index contributed by atoms with van der Waals surface area (Å²) in [5.41, 5.74) is 8.84. The molecule has 1 amide bonds. The topological polar surface area (TPSA) is 83.8 Å². The highest BCUT2D eigenvalue weighted by atomic mass is 16.1. The van der Waals surface area contributed by atoms with E-state index in [2.05, 4.69) is 15.3 Å². The van der Waals surface area contributed by atoms with Gasteiger partial charge in [-0.05, 0) is 17.2 Å². The van der Waals surface area contributed by atoms with Gasteiger partial charge in [-0.25, -0.2) is 4.98 Å². The summed E-state index contributed by atoms with van der Waals surface area (Å²) in [7, 11) is 0. The van der Waals surface area contributed by atoms with Crippen molar-refractivity contribution in [1.29, 1.82) is 0 Å². The minimum Gasteiger partial charge on any atom is -0.348 e. The minimum absolute atomic E-state index is 0.0426. The maximum Gasteiger partial charge on any atom is 0.228 e. The third kappa shape index (κ3) is 1.78. The van der Waals surface area contributed by atoms with Gasteiger partial charge in [-0.3, -0.25) is 4.79 Å². The molecule has 1 unspecified atom stereocenters. The Labute approximate surface area is 104 Å². The molecule has 2 aromatic rings. The molecule has 0 radical (unpaired) electrons. The van der Waals surface area contributed by atoms with Gasteiger partial charge in [0.1, 0.15) is 5.82 Å². The lowest BCUT2D eigenvalue weighted by molar-refractivity contribution is -0.115. The summed E-state index contributed by atoms with van der Waals surface area (Å²) in [5, 5.41) is 2.82. The van der Waals surface area contributed by atoms with E-state index in [9.17, 15) is 4.79 Å². The first-order valence-electron chi connectivity index (χ1n) is 5.90. The van der Waals surface area contributed by atoms with Crippen LogP contribution >= 0.6 is 0 Å². The molecule has 0 saturated heterocycles. The Hall–Kier alpha value is -2.14. The van der Waals surface area contributed by atoms with Gasteiger partial charge < -0.3 is 16.0 Å². The zero-order chi connectivity index (χ0) is 12.5. The third-order valence-corrected chi connectivity index (χ3v) is 3.24. The fraction of sp³-hybridized carbons (Fsp3) is 0.231. The number of aromatic nitrogens is 2. The SMILES string of the molecule is NCC(c1ccc2c(c1)CC(=O)N2)c1ncc[nH]1. The number of H-pyrrole nitrogens is 1. The van der Waals surface area contributed by atoms with E-state index in [0.29, 0.717) is 13.0 Å². The van der Waals surface area contributed by atoms with Crippen LogP contribution in [0.1, 0.15) is 22.9 Å². The van der Waals surface area contributed by atoms with Crippen molar-refractivity contribution in [2.75, 3.05) is 11.9 Å². The van der Waals surface area contributed by atoms with Gasteiger partial charge in [-0.1, -0.05) is 12.1 Å². The Morgan fingerprint density at radius 3 is 3.06 bits per heavy atom. The summed E-state index contributed by atoms with van der Waals surface area (Å²) in [6.45, 7) is 0.480. The summed E-state index contributed by atoms with van der Waals surface area (Å²) in [5.74, 6) is 0.945. The van der Waals surface area contributed by atoms with Gasteiger partial charge in [-0.2, -0.15) is 0 Å². The van der Waals surface area contributed by atoms with Gasteiger partial charge in [-0.15, -0.1) is 0 Å². The molecule has 0 aliphatic carbocycles. The molecule has 18 heavy (non-hydrogen) atoms. The van der Waals surface area contributed by atoms with E-state index < -0.39 is 0 Å². The lowest BCUT2D eigenvalue weighted by Gasteiger charge is -2.13. The Morgan fingerprint density at radius 1 is 1.44 bits per heavy atom. The fourth-order valence-corrected chi connectivity index (χ4v) is 2.34. The van der Waals surface area contributed by atoms with E-state index in [1.807, 2.05) is 18.2 Å². The fourth-order valence-electron chi connectivity index (χ4n) is 2.34. The molecule has 1 aromatic carbocycles. The van der Waals surface area contributed by atoms with Crippen molar-refractivity contribution in [2.24, 2.45) is 5.73 Å². The second kappa shape index (κ2) is 4.27. The van der Waals surface area contributed by atoms with E-state index in [-0.39, 0.29) is 11.8 Å². The first kappa shape index (κ1) is 11.0. The predicted molar refractivity (Wildman–Crippen MR) is 68.3 cm³/mol. The number of carbonyl (C=O) groups excluding carboxylic acids is 1. The monoisotopic (exact) mass is 242 g/mol. The number of carbonyl (C=O) groups is 1. The minimum atomic E-state index is 0.0426. The number of aromatic amines is 1. The number of benzene rings is 1. The van der Waals surface area contributed by atoms with Crippen molar-refractivity contribution in [1.82, 2.24) is 9.97 Å². The van der Waals surface area contributed by atoms with Crippen molar-refractivity contribution in [2.45, 2.75) is 12.3 Å². The number of nitrogens with two attached hydrogens (primary N) is 1. The Morgan fingerprint density at radius 2 is 2.33 bits per heavy atom. The molecule has 0 spiro atoms. The van der Waals surface area contributed by atoms with Crippen molar-refractivity contribution < 1.29 is 4.79 Å². The zero-order valence-electron chi connectivity index (χ0n) is 9.81. The lowest BCUT2D eigenvalue weighted by atomic mass is 9.96. The van der Waals surface area contributed by atoms with Crippen LogP contribution in [-0.2, 0) is 11.2 Å². The van der Waals surface area contributed by atoms with Crippen molar-refractivity contribution in [3.63, 3.8) is 0 Å². The van der Waals surface area contributed by atoms with Gasteiger partial charge in [0.15, 0.2) is 0 Å². The summed E-state index contributed by atoms with van der Waals surface area (Å²) < 4.78 is 0. The second-order valence-electron chi connectivity index (χ2n) is 4.40. The summed E-state index contributed by atoms with van der Waals surface area (Å²) in [4.78, 5) is 18.7. The van der Waals surface area contributed by atoms with Crippen LogP contribution in [-0.4, -0.2) is 22.4 Å². The number of hydrogen-bond donors (Lipinski definition) is 3. The molecule has 92 valence electrons. The molecule has 1 aliphatic rings. The molecule has 3 rings (SSSR count). The number of nitrogens with zero attached hydrogens (tertiary/aromatic N) is 1. The number of nitrogens with one attached hydrogen (secondary N) is 2. The maximum atomic E-state index is 11.3. The molecule has 0 bridgehead atoms. The number of rotatable bonds is 3. The third-order valence-electron chi connectivity index (χ3n) is 3.24. The van der Waals surface area contributed by atoms with Gasteiger partial charge in [0.05, 0.1) is 12.3 Å². The van der Waals surface area contributed by atoms with Crippen LogP contribution in [0.2, 0.25) is 0 Å². The van der Waals surface area contributed by atoms with Crippen LogP contribution in [0.4, 0.5) is 5.69 Å². The number of fused-ring (bicyclic) bond motifs is 1. The molecule has 5 heteroatoms. The van der Waals surface area contributed by atoms with Gasteiger partial charge in [0.2, 0.25) is 5.91 Å². The molecule has 2 heterocycles. The summed E-state index contributed by atoms with van der Waals surface area (Å²) in [6.07, 6.45) is 3.95. The first-order valence-corrected chi connectivity index (χ1v) is 5.90. The number of anilines is 1. The molecule has 4 N–H and O–H groups in total. The van der Waals surface area contributed by atoms with E-state index >= 15 is 0 Å². The highest BCUT2D eigenvalue weighted by molar-refractivity contribution is 5.99. The number of imidazole rings is 1. The highest BCUT2D eigenvalue weighted by Crippen LogP contribution is 2.28. The molecule has 1 aromatic heterocycles. The Kier molecular flexibility index (Phi) is 2.60. The summed E-state index contributed by atoms with van der Waals surface area (Å²) in [6, 6.07) is 5.96. The molecule has 0 fully saturated rings. The predicted octanol–water partition coefficient (Wildman–Crippen LogP) is 0.995. The van der Waals surface area contributed by atoms with Gasteiger partial charge in [0.25, 0.3) is 0 Å². The van der Waals surface area contributed by atoms with Crippen LogP contribution in [0, 0.1) is 0 Å². The molecule has 0 saturated carbocycles. The van der Waals surface area contributed by atoms with Crippen molar-refractivity contribution in [3.8, 4) is 0 Å². The molecule has 1 aliphatic heterocycles. The van der Waals surface area contributed by atoms with Crippen molar-refractivity contribution in [3.05, 3.63) is 47.5 Å². The van der Waals surface area contributed by atoms with Crippen LogP contribution in [0.25, 0.3) is 0 Å². The summed E-state index contributed by atoms with van der Waals surface area (Å²) >= 11 is 0. The van der Waals surface area contributed by atoms with Crippen LogP contribution in [0.15, 0.2) is 30.6 Å². The normalized spacial score (nSPS) is 15.3. The van der Waals surface area contributed by atoms with Crippen LogP contribution in [0.3, 0.4) is 0 Å². The van der Waals surface area contributed by atoms with Gasteiger partial charge >= 0.3 is 0 Å².